The van der Waals surface area contributed by atoms with Gasteiger partial charge >= 0.3 is 0 Å². The standard InChI is InChI=1S/C9H11NOS/c1-2-3-4-5-8(11)9-10-6-7-12-9/h6-8,11H,4-5H2,1H3. The van der Waals surface area contributed by atoms with Gasteiger partial charge in [0.05, 0.1) is 0 Å². The predicted octanol–water partition coefficient (Wildman–Crippen LogP) is 1.98. The molecule has 2 nitrogen and oxygen atoms in total. The van der Waals surface area contributed by atoms with E-state index in [1.54, 1.807) is 13.1 Å². The molecule has 0 amide bonds. The van der Waals surface area contributed by atoms with Crippen LogP contribution in [-0.2, 0) is 0 Å². The molecule has 1 unspecified atom stereocenters. The second-order valence-electron chi connectivity index (χ2n) is 2.35. The van der Waals surface area contributed by atoms with Gasteiger partial charge in [-0.25, -0.2) is 4.98 Å². The topological polar surface area (TPSA) is 33.1 Å². The zero-order valence-electron chi connectivity index (χ0n) is 6.95. The van der Waals surface area contributed by atoms with Crippen LogP contribution in [0, 0.1) is 11.8 Å². The summed E-state index contributed by atoms with van der Waals surface area (Å²) in [5.74, 6) is 5.70. The van der Waals surface area contributed by atoms with Gasteiger partial charge in [0, 0.05) is 18.0 Å². The summed E-state index contributed by atoms with van der Waals surface area (Å²) in [4.78, 5) is 4.02. The summed E-state index contributed by atoms with van der Waals surface area (Å²) in [6, 6.07) is 0. The molecule has 1 heterocycles. The monoisotopic (exact) mass is 181 g/mol. The van der Waals surface area contributed by atoms with E-state index >= 15 is 0 Å². The number of thiazole rings is 1. The van der Waals surface area contributed by atoms with Crippen molar-refractivity contribution in [2.75, 3.05) is 0 Å². The van der Waals surface area contributed by atoms with E-state index in [9.17, 15) is 5.11 Å². The molecule has 1 aromatic rings. The van der Waals surface area contributed by atoms with E-state index in [0.717, 1.165) is 11.4 Å². The molecular weight excluding hydrogens is 170 g/mol. The van der Waals surface area contributed by atoms with Gasteiger partial charge < -0.3 is 5.11 Å². The van der Waals surface area contributed by atoms with Gasteiger partial charge in [-0.15, -0.1) is 23.2 Å². The first kappa shape index (κ1) is 9.24. The van der Waals surface area contributed by atoms with Crippen LogP contribution in [0.5, 0.6) is 0 Å². The fourth-order valence-electron chi connectivity index (χ4n) is 0.856. The van der Waals surface area contributed by atoms with Gasteiger partial charge in [-0.3, -0.25) is 0 Å². The minimum atomic E-state index is -0.439. The number of rotatable bonds is 3. The van der Waals surface area contributed by atoms with Gasteiger partial charge in [-0.2, -0.15) is 0 Å². The molecule has 0 radical (unpaired) electrons. The van der Waals surface area contributed by atoms with Gasteiger partial charge in [0.15, 0.2) is 0 Å². The Balaban J connectivity index is 2.37. The van der Waals surface area contributed by atoms with E-state index in [2.05, 4.69) is 16.8 Å². The Bertz CT molecular complexity index is 270. The Morgan fingerprint density at radius 3 is 3.17 bits per heavy atom. The van der Waals surface area contributed by atoms with Gasteiger partial charge in [-0.1, -0.05) is 0 Å². The molecule has 1 rings (SSSR count). The van der Waals surface area contributed by atoms with Crippen molar-refractivity contribution < 1.29 is 5.11 Å². The maximum atomic E-state index is 9.52. The molecule has 3 heteroatoms. The maximum Gasteiger partial charge on any atom is 0.121 e. The third-order valence-corrected chi connectivity index (χ3v) is 2.33. The lowest BCUT2D eigenvalue weighted by Crippen LogP contribution is -1.95. The van der Waals surface area contributed by atoms with Crippen LogP contribution in [0.1, 0.15) is 30.9 Å². The van der Waals surface area contributed by atoms with Crippen LogP contribution >= 0.6 is 11.3 Å². The summed E-state index contributed by atoms with van der Waals surface area (Å²) < 4.78 is 0. The van der Waals surface area contributed by atoms with E-state index in [1.165, 1.54) is 11.3 Å². The van der Waals surface area contributed by atoms with Crippen LogP contribution in [0.15, 0.2) is 11.6 Å². The molecule has 0 spiro atoms. The quantitative estimate of drug-likeness (QED) is 0.723. The summed E-state index contributed by atoms with van der Waals surface area (Å²) in [7, 11) is 0. The van der Waals surface area contributed by atoms with Crippen LogP contribution in [0.4, 0.5) is 0 Å². The molecule has 0 aliphatic rings. The Hall–Kier alpha value is -0.850. The molecule has 0 saturated carbocycles. The molecule has 0 bridgehead atoms. The van der Waals surface area contributed by atoms with Crippen molar-refractivity contribution in [3.8, 4) is 11.8 Å². The van der Waals surface area contributed by atoms with Crippen LogP contribution in [-0.4, -0.2) is 10.1 Å². The van der Waals surface area contributed by atoms with E-state index in [4.69, 9.17) is 0 Å². The van der Waals surface area contributed by atoms with Crippen molar-refractivity contribution in [2.45, 2.75) is 25.9 Å². The molecule has 1 atom stereocenters. The highest BCUT2D eigenvalue weighted by atomic mass is 32.1. The zero-order chi connectivity index (χ0) is 8.81. The van der Waals surface area contributed by atoms with Crippen molar-refractivity contribution in [1.82, 2.24) is 4.98 Å². The van der Waals surface area contributed by atoms with E-state index in [0.29, 0.717) is 6.42 Å². The molecule has 1 N–H and O–H groups in total. The highest BCUT2D eigenvalue weighted by Gasteiger charge is 2.07. The average molecular weight is 181 g/mol. The second-order valence-corrected chi connectivity index (χ2v) is 3.28. The predicted molar refractivity (Wildman–Crippen MR) is 49.8 cm³/mol. The summed E-state index contributed by atoms with van der Waals surface area (Å²) in [5, 5.41) is 12.2. The van der Waals surface area contributed by atoms with Crippen molar-refractivity contribution in [2.24, 2.45) is 0 Å². The summed E-state index contributed by atoms with van der Waals surface area (Å²) >= 11 is 1.48. The summed E-state index contributed by atoms with van der Waals surface area (Å²) in [6.07, 6.45) is 2.67. The normalized spacial score (nSPS) is 11.8. The van der Waals surface area contributed by atoms with E-state index in [-0.39, 0.29) is 0 Å². The summed E-state index contributed by atoms with van der Waals surface area (Å²) in [5.41, 5.74) is 0. The van der Waals surface area contributed by atoms with Crippen LogP contribution in [0.2, 0.25) is 0 Å². The molecule has 0 aliphatic carbocycles. The van der Waals surface area contributed by atoms with Crippen molar-refractivity contribution >= 4 is 11.3 Å². The molecule has 0 aliphatic heterocycles. The summed E-state index contributed by atoms with van der Waals surface area (Å²) in [6.45, 7) is 1.80. The SMILES string of the molecule is CC#CCCC(O)c1nccs1. The molecular formula is C9H11NOS. The molecule has 12 heavy (non-hydrogen) atoms. The number of aliphatic hydroxyl groups excluding tert-OH is 1. The molecule has 0 fully saturated rings. The van der Waals surface area contributed by atoms with Gasteiger partial charge in [-0.05, 0) is 13.3 Å². The fourth-order valence-corrected chi connectivity index (χ4v) is 1.51. The molecule has 0 aromatic carbocycles. The third-order valence-electron chi connectivity index (χ3n) is 1.46. The largest absolute Gasteiger partial charge is 0.386 e. The Labute approximate surface area is 76.3 Å². The Kier molecular flexibility index (Phi) is 3.78. The molecule has 64 valence electrons. The van der Waals surface area contributed by atoms with Crippen molar-refractivity contribution in [1.29, 1.82) is 0 Å². The van der Waals surface area contributed by atoms with Gasteiger partial charge in [0.25, 0.3) is 0 Å². The number of aromatic nitrogens is 1. The average Bonchev–Trinajstić information content (AvgIpc) is 2.56. The number of hydrogen-bond donors (Lipinski definition) is 1. The lowest BCUT2D eigenvalue weighted by molar-refractivity contribution is 0.169. The lowest BCUT2D eigenvalue weighted by atomic mass is 10.2. The van der Waals surface area contributed by atoms with Crippen LogP contribution in [0.3, 0.4) is 0 Å². The first-order chi connectivity index (χ1) is 5.84. The second kappa shape index (κ2) is 4.91. The minimum Gasteiger partial charge on any atom is -0.386 e. The van der Waals surface area contributed by atoms with Crippen molar-refractivity contribution in [3.63, 3.8) is 0 Å². The highest BCUT2D eigenvalue weighted by Crippen LogP contribution is 2.19. The van der Waals surface area contributed by atoms with Gasteiger partial charge in [0.2, 0.25) is 0 Å². The van der Waals surface area contributed by atoms with E-state index in [1.807, 2.05) is 5.38 Å². The minimum absolute atomic E-state index is 0.439. The molecule has 0 saturated heterocycles. The molecule has 1 aromatic heterocycles. The maximum absolute atomic E-state index is 9.52. The number of aliphatic hydroxyl groups is 1. The van der Waals surface area contributed by atoms with Gasteiger partial charge in [0.1, 0.15) is 11.1 Å². The highest BCUT2D eigenvalue weighted by molar-refractivity contribution is 7.09. The third kappa shape index (κ3) is 2.65. The first-order valence-corrected chi connectivity index (χ1v) is 4.69. The lowest BCUT2D eigenvalue weighted by Gasteiger charge is -2.02. The first-order valence-electron chi connectivity index (χ1n) is 3.81. The Morgan fingerprint density at radius 2 is 2.58 bits per heavy atom. The Morgan fingerprint density at radius 1 is 1.75 bits per heavy atom. The van der Waals surface area contributed by atoms with Crippen LogP contribution < -0.4 is 0 Å². The zero-order valence-corrected chi connectivity index (χ0v) is 7.77. The number of hydrogen-bond acceptors (Lipinski definition) is 3. The van der Waals surface area contributed by atoms with Crippen molar-refractivity contribution in [3.05, 3.63) is 16.6 Å². The van der Waals surface area contributed by atoms with E-state index < -0.39 is 6.10 Å². The fraction of sp³-hybridized carbons (Fsp3) is 0.444. The smallest absolute Gasteiger partial charge is 0.121 e. The number of nitrogens with zero attached hydrogens (tertiary/aromatic N) is 1. The van der Waals surface area contributed by atoms with Crippen LogP contribution in [0.25, 0.3) is 0 Å².